The summed E-state index contributed by atoms with van der Waals surface area (Å²) in [5.41, 5.74) is 0. The second kappa shape index (κ2) is 8.31. The Balaban J connectivity index is 0.00000289. The fraction of sp³-hybridized carbons (Fsp3) is 0.455. The summed E-state index contributed by atoms with van der Waals surface area (Å²) in [7, 11) is -1.68. The Kier molecular flexibility index (Phi) is 7.93. The average Bonchev–Trinajstić information content (AvgIpc) is 2.30. The van der Waals surface area contributed by atoms with Crippen LogP contribution in [-0.2, 0) is 10.0 Å². The first-order valence-corrected chi connectivity index (χ1v) is 6.95. The van der Waals surface area contributed by atoms with Gasteiger partial charge in [0.2, 0.25) is 10.0 Å². The second-order valence-electron chi connectivity index (χ2n) is 3.41. The number of nitrogens with one attached hydrogen (secondary N) is 2. The molecule has 0 saturated heterocycles. The van der Waals surface area contributed by atoms with Crippen LogP contribution in [0.3, 0.4) is 0 Å². The molecule has 0 aromatic heterocycles. The highest BCUT2D eigenvalue weighted by molar-refractivity contribution is 7.89. The summed E-state index contributed by atoms with van der Waals surface area (Å²) in [6, 6.07) is 6.46. The Morgan fingerprint density at radius 1 is 1.28 bits per heavy atom. The van der Waals surface area contributed by atoms with E-state index in [-0.39, 0.29) is 17.3 Å². The molecule has 0 fully saturated rings. The van der Waals surface area contributed by atoms with Crippen LogP contribution in [0.15, 0.2) is 29.2 Å². The van der Waals surface area contributed by atoms with Crippen LogP contribution < -0.4 is 14.8 Å². The molecule has 0 aliphatic heterocycles. The number of likely N-dealkylation sites (N-methyl/N-ethyl adjacent to an activating group) is 1. The molecule has 0 unspecified atom stereocenters. The molecule has 1 rings (SSSR count). The van der Waals surface area contributed by atoms with Gasteiger partial charge in [-0.15, -0.1) is 12.4 Å². The van der Waals surface area contributed by atoms with E-state index in [0.717, 1.165) is 0 Å². The van der Waals surface area contributed by atoms with Gasteiger partial charge < -0.3 is 10.1 Å². The molecule has 5 nitrogen and oxygen atoms in total. The highest BCUT2D eigenvalue weighted by atomic mass is 35.5. The normalized spacial score (nSPS) is 10.8. The first kappa shape index (κ1) is 17.2. The molecule has 0 heterocycles. The van der Waals surface area contributed by atoms with Crippen molar-refractivity contribution in [3.63, 3.8) is 0 Å². The summed E-state index contributed by atoms with van der Waals surface area (Å²) in [5, 5.41) is 2.87. The van der Waals surface area contributed by atoms with Gasteiger partial charge in [0, 0.05) is 19.2 Å². The summed E-state index contributed by atoms with van der Waals surface area (Å²) < 4.78 is 31.5. The van der Waals surface area contributed by atoms with Gasteiger partial charge >= 0.3 is 0 Å². The summed E-state index contributed by atoms with van der Waals surface area (Å²) in [4.78, 5) is 0.222. The molecular weight excluding hydrogens is 276 g/mol. The summed E-state index contributed by atoms with van der Waals surface area (Å²) in [6.45, 7) is 3.31. The zero-order valence-corrected chi connectivity index (χ0v) is 12.1. The van der Waals surface area contributed by atoms with Crippen LogP contribution >= 0.6 is 12.4 Å². The van der Waals surface area contributed by atoms with E-state index in [9.17, 15) is 8.42 Å². The van der Waals surface area contributed by atoms with Crippen LogP contribution in [0, 0.1) is 0 Å². The van der Waals surface area contributed by atoms with Gasteiger partial charge in [0.1, 0.15) is 5.75 Å². The first-order valence-electron chi connectivity index (χ1n) is 5.47. The van der Waals surface area contributed by atoms with E-state index >= 15 is 0 Å². The lowest BCUT2D eigenvalue weighted by molar-refractivity contribution is 0.339. The molecule has 0 saturated carbocycles. The van der Waals surface area contributed by atoms with Crippen molar-refractivity contribution >= 4 is 22.4 Å². The van der Waals surface area contributed by atoms with Gasteiger partial charge in [-0.3, -0.25) is 0 Å². The topological polar surface area (TPSA) is 67.4 Å². The van der Waals surface area contributed by atoms with E-state index in [0.29, 0.717) is 25.4 Å². The van der Waals surface area contributed by atoms with Crippen molar-refractivity contribution in [1.82, 2.24) is 10.0 Å². The SMILES string of the molecule is CCOc1cccc(S(=O)(=O)NCCNC)c1.Cl. The van der Waals surface area contributed by atoms with Gasteiger partial charge in [-0.2, -0.15) is 0 Å². The lowest BCUT2D eigenvalue weighted by atomic mass is 10.3. The average molecular weight is 295 g/mol. The van der Waals surface area contributed by atoms with E-state index in [1.54, 1.807) is 25.2 Å². The summed E-state index contributed by atoms with van der Waals surface area (Å²) in [5.74, 6) is 0.559. The Bertz CT molecular complexity index is 451. The molecule has 104 valence electrons. The van der Waals surface area contributed by atoms with Gasteiger partial charge in [-0.1, -0.05) is 6.07 Å². The highest BCUT2D eigenvalue weighted by Gasteiger charge is 2.13. The van der Waals surface area contributed by atoms with Crippen molar-refractivity contribution in [2.75, 3.05) is 26.7 Å². The maximum absolute atomic E-state index is 11.9. The Hall–Kier alpha value is -0.820. The fourth-order valence-corrected chi connectivity index (χ4v) is 2.36. The maximum Gasteiger partial charge on any atom is 0.240 e. The third-order valence-electron chi connectivity index (χ3n) is 2.09. The van der Waals surface area contributed by atoms with E-state index in [1.165, 1.54) is 6.07 Å². The highest BCUT2D eigenvalue weighted by Crippen LogP contribution is 2.17. The predicted molar refractivity (Wildman–Crippen MR) is 74.0 cm³/mol. The van der Waals surface area contributed by atoms with E-state index < -0.39 is 10.0 Å². The molecule has 18 heavy (non-hydrogen) atoms. The van der Waals surface area contributed by atoms with E-state index in [1.807, 2.05) is 6.92 Å². The van der Waals surface area contributed by atoms with Crippen molar-refractivity contribution in [2.45, 2.75) is 11.8 Å². The number of benzene rings is 1. The zero-order chi connectivity index (χ0) is 12.7. The van der Waals surface area contributed by atoms with Crippen LogP contribution in [-0.4, -0.2) is 35.2 Å². The number of ether oxygens (including phenoxy) is 1. The zero-order valence-electron chi connectivity index (χ0n) is 10.5. The molecule has 0 atom stereocenters. The van der Waals surface area contributed by atoms with Gasteiger partial charge in [-0.25, -0.2) is 13.1 Å². The van der Waals surface area contributed by atoms with Crippen LogP contribution in [0.5, 0.6) is 5.75 Å². The van der Waals surface area contributed by atoms with E-state index in [2.05, 4.69) is 10.0 Å². The molecule has 1 aromatic carbocycles. The van der Waals surface area contributed by atoms with Gasteiger partial charge in [0.15, 0.2) is 0 Å². The van der Waals surface area contributed by atoms with Gasteiger partial charge in [-0.05, 0) is 26.1 Å². The fourth-order valence-electron chi connectivity index (χ4n) is 1.29. The largest absolute Gasteiger partial charge is 0.494 e. The lowest BCUT2D eigenvalue weighted by Gasteiger charge is -2.08. The first-order chi connectivity index (χ1) is 8.10. The molecule has 0 spiro atoms. The third kappa shape index (κ3) is 5.22. The second-order valence-corrected chi connectivity index (χ2v) is 5.18. The molecule has 1 aromatic rings. The number of rotatable bonds is 7. The lowest BCUT2D eigenvalue weighted by Crippen LogP contribution is -2.30. The number of hydrogen-bond donors (Lipinski definition) is 2. The molecule has 0 aliphatic rings. The number of hydrogen-bond acceptors (Lipinski definition) is 4. The quantitative estimate of drug-likeness (QED) is 0.737. The molecule has 7 heteroatoms. The standard InChI is InChI=1S/C11H18N2O3S.ClH/c1-3-16-10-5-4-6-11(9-10)17(14,15)13-8-7-12-2;/h4-6,9,12-13H,3,7-8H2,1-2H3;1H. The minimum atomic E-state index is -3.44. The third-order valence-corrected chi connectivity index (χ3v) is 3.55. The minimum Gasteiger partial charge on any atom is -0.494 e. The van der Waals surface area contributed by atoms with Crippen LogP contribution in [0.4, 0.5) is 0 Å². The van der Waals surface area contributed by atoms with Gasteiger partial charge in [0.05, 0.1) is 11.5 Å². The molecule has 0 radical (unpaired) electrons. The summed E-state index contributed by atoms with van der Waals surface area (Å²) in [6.07, 6.45) is 0. The summed E-state index contributed by atoms with van der Waals surface area (Å²) >= 11 is 0. The van der Waals surface area contributed by atoms with Crippen molar-refractivity contribution in [1.29, 1.82) is 0 Å². The van der Waals surface area contributed by atoms with Crippen molar-refractivity contribution in [2.24, 2.45) is 0 Å². The van der Waals surface area contributed by atoms with Crippen molar-refractivity contribution in [3.8, 4) is 5.75 Å². The number of sulfonamides is 1. The van der Waals surface area contributed by atoms with Crippen LogP contribution in [0.1, 0.15) is 6.92 Å². The molecule has 2 N–H and O–H groups in total. The monoisotopic (exact) mass is 294 g/mol. The number of halogens is 1. The van der Waals surface area contributed by atoms with Crippen molar-refractivity contribution < 1.29 is 13.2 Å². The maximum atomic E-state index is 11.9. The minimum absolute atomic E-state index is 0. The molecule has 0 aliphatic carbocycles. The molecular formula is C11H19ClN2O3S. The Morgan fingerprint density at radius 3 is 2.61 bits per heavy atom. The molecule has 0 bridgehead atoms. The Labute approximate surface area is 114 Å². The Morgan fingerprint density at radius 2 is 2.00 bits per heavy atom. The smallest absolute Gasteiger partial charge is 0.240 e. The van der Waals surface area contributed by atoms with E-state index in [4.69, 9.17) is 4.74 Å². The van der Waals surface area contributed by atoms with Crippen LogP contribution in [0.25, 0.3) is 0 Å². The van der Waals surface area contributed by atoms with Crippen molar-refractivity contribution in [3.05, 3.63) is 24.3 Å². The predicted octanol–water partition coefficient (Wildman–Crippen LogP) is 1.00. The van der Waals surface area contributed by atoms with Crippen LogP contribution in [0.2, 0.25) is 0 Å². The van der Waals surface area contributed by atoms with Gasteiger partial charge in [0.25, 0.3) is 0 Å². The molecule has 0 amide bonds.